The number of amides is 1. The predicted octanol–water partition coefficient (Wildman–Crippen LogP) is 4.97. The van der Waals surface area contributed by atoms with Crippen LogP contribution in [0.2, 0.25) is 0 Å². The fourth-order valence-electron chi connectivity index (χ4n) is 7.54. The normalized spacial score (nSPS) is 26.5. The highest BCUT2D eigenvalue weighted by Gasteiger charge is 2.54. The van der Waals surface area contributed by atoms with Crippen molar-refractivity contribution in [3.8, 4) is 5.75 Å². The lowest BCUT2D eigenvalue weighted by atomic mass is 9.68. The number of hydrogen-bond donors (Lipinski definition) is 2. The Morgan fingerprint density at radius 3 is 2.67 bits per heavy atom. The largest absolute Gasteiger partial charge is 0.490 e. The average Bonchev–Trinajstić information content (AvgIpc) is 3.12. The van der Waals surface area contributed by atoms with E-state index in [9.17, 15) is 18.3 Å². The number of aryl methyl sites for hydroxylation is 1. The highest BCUT2D eigenvalue weighted by molar-refractivity contribution is 7.92. The molecule has 226 valence electrons. The average molecular weight is 593 g/mol. The molecule has 2 aromatic rings. The minimum atomic E-state index is -3.58. The first-order valence-corrected chi connectivity index (χ1v) is 16.8. The topological polar surface area (TPSA) is 110 Å². The number of carbonyl (C=O) groups is 1. The lowest BCUT2D eigenvalue weighted by Crippen LogP contribution is -2.59. The second-order valence-electron chi connectivity index (χ2n) is 12.3. The van der Waals surface area contributed by atoms with E-state index in [4.69, 9.17) is 10.5 Å². The van der Waals surface area contributed by atoms with Crippen LogP contribution < -0.4 is 15.4 Å². The third kappa shape index (κ3) is 5.39. The third-order valence-corrected chi connectivity index (χ3v) is 13.0. The number of allylic oxidation sites excluding steroid dienone is 1. The maximum atomic E-state index is 14.6. The summed E-state index contributed by atoms with van der Waals surface area (Å²) < 4.78 is 35.8. The number of carbonyl (C=O) groups excluding carboxylic acids is 1. The Morgan fingerprint density at radius 2 is 2.00 bits per heavy atom. The Kier molecular flexibility index (Phi) is 8.86. The first kappa shape index (κ1) is 30.4. The fourth-order valence-corrected chi connectivity index (χ4v) is 10.3. The van der Waals surface area contributed by atoms with Gasteiger partial charge >= 0.3 is 0 Å². The van der Waals surface area contributed by atoms with Crippen LogP contribution in [0.1, 0.15) is 66.9 Å². The molecule has 1 heterocycles. The second kappa shape index (κ2) is 12.3. The Hall–Kier alpha value is -3.10. The summed E-state index contributed by atoms with van der Waals surface area (Å²) in [6, 6.07) is 13.4. The number of sulfone groups is 1. The monoisotopic (exact) mass is 592 g/mol. The number of hydrogen-bond acceptors (Lipinski definition) is 6. The van der Waals surface area contributed by atoms with E-state index in [1.54, 1.807) is 30.4 Å². The van der Waals surface area contributed by atoms with Crippen molar-refractivity contribution in [2.24, 2.45) is 17.6 Å². The third-order valence-electron chi connectivity index (χ3n) is 10.0. The molecular formula is C34H44N2O5S. The van der Waals surface area contributed by atoms with Crippen LogP contribution in [-0.2, 0) is 21.7 Å². The predicted molar refractivity (Wildman–Crippen MR) is 168 cm³/mol. The second-order valence-corrected chi connectivity index (χ2v) is 14.7. The van der Waals surface area contributed by atoms with Crippen LogP contribution in [0.15, 0.2) is 67.8 Å². The van der Waals surface area contributed by atoms with Gasteiger partial charge in [-0.25, -0.2) is 8.42 Å². The van der Waals surface area contributed by atoms with Crippen molar-refractivity contribution in [1.29, 1.82) is 0 Å². The van der Waals surface area contributed by atoms with E-state index < -0.39 is 37.8 Å². The van der Waals surface area contributed by atoms with Gasteiger partial charge in [-0.05, 0) is 86.1 Å². The number of anilines is 1. The number of aliphatic hydroxyl groups is 1. The lowest BCUT2D eigenvalue weighted by Gasteiger charge is -2.48. The van der Waals surface area contributed by atoms with E-state index >= 15 is 0 Å². The van der Waals surface area contributed by atoms with Gasteiger partial charge in [-0.15, -0.1) is 13.2 Å². The van der Waals surface area contributed by atoms with Crippen LogP contribution in [0.25, 0.3) is 0 Å². The Bertz CT molecular complexity index is 1440. The van der Waals surface area contributed by atoms with E-state index in [1.807, 2.05) is 19.1 Å². The molecule has 1 amide bonds. The van der Waals surface area contributed by atoms with Crippen molar-refractivity contribution < 1.29 is 23.1 Å². The van der Waals surface area contributed by atoms with Crippen molar-refractivity contribution in [3.05, 3.63) is 84.5 Å². The molecule has 0 bridgehead atoms. The van der Waals surface area contributed by atoms with Gasteiger partial charge in [-0.2, -0.15) is 0 Å². The molecule has 5 rings (SSSR count). The molecule has 2 aliphatic carbocycles. The summed E-state index contributed by atoms with van der Waals surface area (Å²) in [6.07, 6.45) is 7.58. The summed E-state index contributed by atoms with van der Waals surface area (Å²) in [4.78, 5) is 14.4. The van der Waals surface area contributed by atoms with Crippen molar-refractivity contribution in [1.82, 2.24) is 0 Å². The van der Waals surface area contributed by atoms with Crippen LogP contribution in [0.4, 0.5) is 5.69 Å². The summed E-state index contributed by atoms with van der Waals surface area (Å²) in [6.45, 7) is 10.8. The van der Waals surface area contributed by atoms with Crippen LogP contribution in [-0.4, -0.2) is 55.7 Å². The highest BCUT2D eigenvalue weighted by atomic mass is 32.2. The molecule has 7 nitrogen and oxygen atoms in total. The van der Waals surface area contributed by atoms with Gasteiger partial charge in [-0.3, -0.25) is 4.79 Å². The zero-order valence-corrected chi connectivity index (χ0v) is 25.4. The molecule has 1 aliphatic heterocycles. The van der Waals surface area contributed by atoms with Gasteiger partial charge in [0, 0.05) is 18.7 Å². The number of ether oxygens (including phenoxy) is 1. The van der Waals surface area contributed by atoms with Gasteiger partial charge in [0.25, 0.3) is 0 Å². The molecule has 2 aromatic carbocycles. The SMILES string of the molecule is C=CCC[C@@H](CC)S(=O)(=O)C1CCc2ccccc2C12COc1ccc(C(N)=O)cc1N(C[C@@H]1CC[C@H]1[C@H](O)C=C)C2. The molecule has 6 atom stereocenters. The minimum absolute atomic E-state index is 0.0759. The number of benzene rings is 2. The summed E-state index contributed by atoms with van der Waals surface area (Å²) in [5, 5.41) is 9.51. The lowest BCUT2D eigenvalue weighted by molar-refractivity contribution is 0.0460. The van der Waals surface area contributed by atoms with E-state index in [2.05, 4.69) is 30.2 Å². The zero-order chi connectivity index (χ0) is 30.1. The Labute approximate surface area is 250 Å². The number of rotatable bonds is 11. The van der Waals surface area contributed by atoms with Crippen LogP contribution in [0, 0.1) is 11.8 Å². The molecule has 1 spiro atoms. The molecule has 42 heavy (non-hydrogen) atoms. The smallest absolute Gasteiger partial charge is 0.248 e. The highest BCUT2D eigenvalue weighted by Crippen LogP contribution is 2.49. The molecule has 1 fully saturated rings. The molecule has 2 unspecified atom stereocenters. The Balaban J connectivity index is 1.64. The maximum Gasteiger partial charge on any atom is 0.248 e. The van der Waals surface area contributed by atoms with Crippen LogP contribution >= 0.6 is 0 Å². The summed E-state index contributed by atoms with van der Waals surface area (Å²) >= 11 is 0. The number of nitrogens with zero attached hydrogens (tertiary/aromatic N) is 1. The van der Waals surface area contributed by atoms with Crippen LogP contribution in [0.5, 0.6) is 5.75 Å². The van der Waals surface area contributed by atoms with Gasteiger partial charge in [0.15, 0.2) is 9.84 Å². The van der Waals surface area contributed by atoms with Crippen molar-refractivity contribution in [3.63, 3.8) is 0 Å². The summed E-state index contributed by atoms with van der Waals surface area (Å²) in [5.41, 5.74) is 8.13. The van der Waals surface area contributed by atoms with Crippen LogP contribution in [0.3, 0.4) is 0 Å². The zero-order valence-electron chi connectivity index (χ0n) is 24.6. The molecule has 3 aliphatic rings. The number of primary amides is 1. The first-order chi connectivity index (χ1) is 20.2. The molecule has 0 saturated heterocycles. The van der Waals surface area contributed by atoms with Gasteiger partial charge in [0.2, 0.25) is 5.91 Å². The number of fused-ring (bicyclic) bond motifs is 3. The molecule has 1 saturated carbocycles. The van der Waals surface area contributed by atoms with E-state index in [-0.39, 0.29) is 18.4 Å². The quantitative estimate of drug-likeness (QED) is 0.357. The van der Waals surface area contributed by atoms with Crippen molar-refractivity contribution >= 4 is 21.4 Å². The first-order valence-electron chi connectivity index (χ1n) is 15.2. The minimum Gasteiger partial charge on any atom is -0.490 e. The maximum absolute atomic E-state index is 14.6. The molecule has 3 N–H and O–H groups in total. The Morgan fingerprint density at radius 1 is 1.21 bits per heavy atom. The van der Waals surface area contributed by atoms with E-state index in [0.29, 0.717) is 56.5 Å². The summed E-state index contributed by atoms with van der Waals surface area (Å²) in [7, 11) is -3.58. The number of nitrogens with two attached hydrogens (primary N) is 1. The summed E-state index contributed by atoms with van der Waals surface area (Å²) in [5.74, 6) is 0.335. The van der Waals surface area contributed by atoms with Crippen molar-refractivity contribution in [2.75, 3.05) is 24.6 Å². The number of aliphatic hydroxyl groups excluding tert-OH is 1. The molecular weight excluding hydrogens is 548 g/mol. The van der Waals surface area contributed by atoms with Gasteiger partial charge < -0.3 is 20.5 Å². The van der Waals surface area contributed by atoms with Crippen molar-refractivity contribution in [2.45, 2.75) is 73.9 Å². The van der Waals surface area contributed by atoms with Gasteiger partial charge in [0.05, 0.1) is 27.7 Å². The van der Waals surface area contributed by atoms with Gasteiger partial charge in [-0.1, -0.05) is 43.3 Å². The fraction of sp³-hybridized carbons (Fsp3) is 0.500. The van der Waals surface area contributed by atoms with E-state index in [0.717, 1.165) is 29.7 Å². The standard InChI is InChI=1S/C34H44N2O5S/c1-4-7-11-26(5-2)42(39,40)32-18-15-23-10-8-9-12-28(23)34(32)21-36(20-25-13-16-27(25)30(37)6-3)29-19-24(33(35)38)14-17-31(29)41-22-34/h4,6,8-10,12,14,17,19,25-27,30,32,37H,1,3,5,7,11,13,15-16,18,20-22H2,2H3,(H2,35,38)/t25-,26+,27+,30+,32?,34?/m0/s1. The molecule has 0 aromatic heterocycles. The molecule has 8 heteroatoms. The van der Waals surface area contributed by atoms with E-state index in [1.165, 1.54) is 0 Å². The molecule has 0 radical (unpaired) electrons. The van der Waals surface area contributed by atoms with Gasteiger partial charge in [0.1, 0.15) is 12.4 Å².